The summed E-state index contributed by atoms with van der Waals surface area (Å²) in [6, 6.07) is 18.2. The number of nitrogens with one attached hydrogen (secondary N) is 1. The molecule has 0 saturated heterocycles. The molecule has 41 heavy (non-hydrogen) atoms. The molecule has 9 heteroatoms. The van der Waals surface area contributed by atoms with Gasteiger partial charge < -0.3 is 10.2 Å². The Labute approximate surface area is 249 Å². The Morgan fingerprint density at radius 2 is 1.44 bits per heavy atom. The Kier molecular flexibility index (Phi) is 10.3. The van der Waals surface area contributed by atoms with Gasteiger partial charge in [-0.15, -0.1) is 0 Å². The molecule has 0 aliphatic heterocycles. The number of halogens is 1. The van der Waals surface area contributed by atoms with Crippen LogP contribution in [0.2, 0.25) is 5.02 Å². The van der Waals surface area contributed by atoms with Crippen LogP contribution in [-0.2, 0) is 26.2 Å². The van der Waals surface area contributed by atoms with Crippen LogP contribution >= 0.6 is 11.6 Å². The first-order chi connectivity index (χ1) is 19.1. The highest BCUT2D eigenvalue weighted by Crippen LogP contribution is 2.27. The highest BCUT2D eigenvalue weighted by molar-refractivity contribution is 7.92. The van der Waals surface area contributed by atoms with E-state index in [-0.39, 0.29) is 17.3 Å². The maximum atomic E-state index is 14.2. The third kappa shape index (κ3) is 8.57. The van der Waals surface area contributed by atoms with Crippen molar-refractivity contribution in [2.45, 2.75) is 77.9 Å². The van der Waals surface area contributed by atoms with E-state index in [1.165, 1.54) is 4.90 Å². The van der Waals surface area contributed by atoms with E-state index in [1.54, 1.807) is 60.7 Å². The van der Waals surface area contributed by atoms with Gasteiger partial charge in [0.05, 0.1) is 10.6 Å². The normalized spacial score (nSPS) is 12.5. The lowest BCUT2D eigenvalue weighted by atomic mass is 10.1. The molecule has 0 heterocycles. The van der Waals surface area contributed by atoms with Crippen LogP contribution in [0.4, 0.5) is 5.69 Å². The smallest absolute Gasteiger partial charge is 0.264 e. The molecule has 1 unspecified atom stereocenters. The van der Waals surface area contributed by atoms with Gasteiger partial charge in [0.1, 0.15) is 12.6 Å². The molecular weight excluding hydrogens is 558 g/mol. The highest BCUT2D eigenvalue weighted by atomic mass is 35.5. The van der Waals surface area contributed by atoms with Crippen molar-refractivity contribution in [3.05, 3.63) is 94.0 Å². The number of carbonyl (C=O) groups excluding carboxylic acids is 2. The Morgan fingerprint density at radius 3 is 1.95 bits per heavy atom. The molecule has 0 bridgehead atoms. The molecule has 3 aromatic carbocycles. The molecule has 1 atom stereocenters. The summed E-state index contributed by atoms with van der Waals surface area (Å²) in [7, 11) is -4.13. The molecule has 0 spiro atoms. The van der Waals surface area contributed by atoms with Crippen LogP contribution in [0.25, 0.3) is 0 Å². The van der Waals surface area contributed by atoms with Crippen molar-refractivity contribution in [3.8, 4) is 0 Å². The first-order valence-electron chi connectivity index (χ1n) is 13.6. The predicted octanol–water partition coefficient (Wildman–Crippen LogP) is 6.18. The SMILES string of the molecule is CCC(C(=O)NC(C)(C)C)N(Cc1ccc(Cl)cc1)C(=O)CN(c1cc(C)cc(C)c1)S(=O)(=O)c1ccc(C)cc1. The molecule has 3 rings (SSSR count). The maximum absolute atomic E-state index is 14.2. The number of rotatable bonds is 10. The number of carbonyl (C=O) groups is 2. The van der Waals surface area contributed by atoms with Crippen molar-refractivity contribution in [3.63, 3.8) is 0 Å². The number of nitrogens with zero attached hydrogens (tertiary/aromatic N) is 2. The summed E-state index contributed by atoms with van der Waals surface area (Å²) in [5, 5.41) is 3.53. The van der Waals surface area contributed by atoms with E-state index in [1.807, 2.05) is 54.5 Å². The van der Waals surface area contributed by atoms with Crippen LogP contribution in [-0.4, -0.2) is 43.3 Å². The van der Waals surface area contributed by atoms with Crippen LogP contribution in [0.5, 0.6) is 0 Å². The van der Waals surface area contributed by atoms with Gasteiger partial charge in [0.15, 0.2) is 0 Å². The summed E-state index contributed by atoms with van der Waals surface area (Å²) in [6.45, 7) is 12.7. The van der Waals surface area contributed by atoms with Crippen LogP contribution in [0.3, 0.4) is 0 Å². The lowest BCUT2D eigenvalue weighted by Crippen LogP contribution is -2.55. The molecule has 0 fully saturated rings. The van der Waals surface area contributed by atoms with E-state index in [4.69, 9.17) is 11.6 Å². The third-order valence-electron chi connectivity index (χ3n) is 6.53. The number of hydrogen-bond acceptors (Lipinski definition) is 4. The van der Waals surface area contributed by atoms with Gasteiger partial charge in [-0.3, -0.25) is 13.9 Å². The highest BCUT2D eigenvalue weighted by Gasteiger charge is 2.34. The predicted molar refractivity (Wildman–Crippen MR) is 166 cm³/mol. The van der Waals surface area contributed by atoms with E-state index in [0.717, 1.165) is 26.6 Å². The number of hydrogen-bond donors (Lipinski definition) is 1. The second kappa shape index (κ2) is 13.1. The molecule has 2 amide bonds. The minimum absolute atomic E-state index is 0.0804. The zero-order valence-corrected chi connectivity index (χ0v) is 26.4. The van der Waals surface area contributed by atoms with E-state index in [9.17, 15) is 18.0 Å². The molecule has 1 N–H and O–H groups in total. The van der Waals surface area contributed by atoms with Gasteiger partial charge in [0.2, 0.25) is 11.8 Å². The van der Waals surface area contributed by atoms with E-state index < -0.39 is 34.1 Å². The molecule has 3 aromatic rings. The quantitative estimate of drug-likeness (QED) is 0.302. The molecule has 7 nitrogen and oxygen atoms in total. The van der Waals surface area contributed by atoms with Crippen molar-refractivity contribution in [2.75, 3.05) is 10.8 Å². The summed E-state index contributed by atoms with van der Waals surface area (Å²) in [6.07, 6.45) is 0.343. The number of amides is 2. The molecule has 0 aliphatic carbocycles. The number of sulfonamides is 1. The Bertz CT molecular complexity index is 1460. The van der Waals surface area contributed by atoms with E-state index in [0.29, 0.717) is 17.1 Å². The average Bonchev–Trinajstić information content (AvgIpc) is 2.86. The minimum atomic E-state index is -4.13. The second-order valence-electron chi connectivity index (χ2n) is 11.5. The van der Waals surface area contributed by atoms with Crippen molar-refractivity contribution < 1.29 is 18.0 Å². The largest absolute Gasteiger partial charge is 0.350 e. The van der Waals surface area contributed by atoms with Gasteiger partial charge in [0.25, 0.3) is 10.0 Å². The first-order valence-corrected chi connectivity index (χ1v) is 15.5. The summed E-state index contributed by atoms with van der Waals surface area (Å²) in [4.78, 5) is 29.1. The Hall–Kier alpha value is -3.36. The molecular formula is C32H40ClN3O4S. The maximum Gasteiger partial charge on any atom is 0.264 e. The zero-order chi connectivity index (χ0) is 30.5. The van der Waals surface area contributed by atoms with Crippen molar-refractivity contribution in [1.82, 2.24) is 10.2 Å². The van der Waals surface area contributed by atoms with Crippen molar-refractivity contribution in [1.29, 1.82) is 0 Å². The Balaban J connectivity index is 2.10. The second-order valence-corrected chi connectivity index (χ2v) is 13.8. The van der Waals surface area contributed by atoms with Crippen LogP contribution < -0.4 is 9.62 Å². The fourth-order valence-electron chi connectivity index (χ4n) is 4.62. The van der Waals surface area contributed by atoms with Gasteiger partial charge in [-0.05, 0) is 101 Å². The average molecular weight is 598 g/mol. The van der Waals surface area contributed by atoms with Gasteiger partial charge >= 0.3 is 0 Å². The fraction of sp³-hybridized carbons (Fsp3) is 0.375. The Morgan fingerprint density at radius 1 is 0.878 bits per heavy atom. The molecule has 0 radical (unpaired) electrons. The monoisotopic (exact) mass is 597 g/mol. The van der Waals surface area contributed by atoms with E-state index >= 15 is 0 Å². The minimum Gasteiger partial charge on any atom is -0.350 e. The van der Waals surface area contributed by atoms with Crippen LogP contribution in [0.1, 0.15) is 56.4 Å². The summed E-state index contributed by atoms with van der Waals surface area (Å²) in [5.74, 6) is -0.799. The van der Waals surface area contributed by atoms with E-state index in [2.05, 4.69) is 5.32 Å². The molecule has 0 aromatic heterocycles. The number of anilines is 1. The summed E-state index contributed by atoms with van der Waals surface area (Å²) in [5.41, 5.74) is 3.29. The summed E-state index contributed by atoms with van der Waals surface area (Å²) < 4.78 is 29.2. The van der Waals surface area contributed by atoms with Gasteiger partial charge in [-0.2, -0.15) is 0 Å². The van der Waals surface area contributed by atoms with Crippen LogP contribution in [0, 0.1) is 20.8 Å². The van der Waals surface area contributed by atoms with Gasteiger partial charge in [-0.25, -0.2) is 8.42 Å². The third-order valence-corrected chi connectivity index (χ3v) is 8.57. The lowest BCUT2D eigenvalue weighted by molar-refractivity contribution is -0.141. The van der Waals surface area contributed by atoms with Gasteiger partial charge in [0, 0.05) is 17.1 Å². The first kappa shape index (κ1) is 32.2. The topological polar surface area (TPSA) is 86.8 Å². The molecule has 0 saturated carbocycles. The number of aryl methyl sites for hydroxylation is 3. The fourth-order valence-corrected chi connectivity index (χ4v) is 6.14. The van der Waals surface area contributed by atoms with Crippen molar-refractivity contribution in [2.24, 2.45) is 0 Å². The summed E-state index contributed by atoms with van der Waals surface area (Å²) >= 11 is 6.09. The van der Waals surface area contributed by atoms with Crippen LogP contribution in [0.15, 0.2) is 71.6 Å². The standard InChI is InChI=1S/C32H40ClN3O4S/c1-8-29(31(38)34-32(5,6)7)35(20-25-11-13-26(33)14-12-25)30(37)21-36(27-18-23(3)17-24(4)19-27)41(39,40)28-15-9-22(2)10-16-28/h9-19,29H,8,20-21H2,1-7H3,(H,34,38). The molecule has 220 valence electrons. The van der Waals surface area contributed by atoms with Crippen molar-refractivity contribution >= 4 is 39.1 Å². The molecule has 0 aliphatic rings. The zero-order valence-electron chi connectivity index (χ0n) is 24.9. The lowest BCUT2D eigenvalue weighted by Gasteiger charge is -2.35. The van der Waals surface area contributed by atoms with Gasteiger partial charge in [-0.1, -0.05) is 54.4 Å². The number of benzene rings is 3.